The molecule has 0 bridgehead atoms. The van der Waals surface area contributed by atoms with Crippen LogP contribution in [0.3, 0.4) is 0 Å². The van der Waals surface area contributed by atoms with Crippen LogP contribution < -0.4 is 11.1 Å². The Bertz CT molecular complexity index is 568. The van der Waals surface area contributed by atoms with Gasteiger partial charge in [0.1, 0.15) is 0 Å². The molecule has 0 atom stereocenters. The highest BCUT2D eigenvalue weighted by Crippen LogP contribution is 2.31. The van der Waals surface area contributed by atoms with E-state index in [4.69, 9.17) is 5.73 Å². The maximum Gasteiger partial charge on any atom is 0.0405 e. The van der Waals surface area contributed by atoms with Crippen LogP contribution in [-0.4, -0.2) is 25.8 Å². The summed E-state index contributed by atoms with van der Waals surface area (Å²) in [6, 6.07) is 6.06. The highest BCUT2D eigenvalue weighted by atomic mass is 14.9. The molecule has 1 aliphatic heterocycles. The number of nitrogens with two attached hydrogens (primary N) is 1. The van der Waals surface area contributed by atoms with Gasteiger partial charge < -0.3 is 11.1 Å². The molecular weight excluding hydrogens is 246 g/mol. The van der Waals surface area contributed by atoms with Crippen LogP contribution in [-0.2, 0) is 0 Å². The van der Waals surface area contributed by atoms with Gasteiger partial charge >= 0.3 is 0 Å². The number of hydrogen-bond donors (Lipinski definition) is 2. The molecule has 106 valence electrons. The molecule has 1 aromatic rings. The minimum atomic E-state index is 0.780. The minimum absolute atomic E-state index is 0.780. The van der Waals surface area contributed by atoms with Gasteiger partial charge in [-0.05, 0) is 29.2 Å². The van der Waals surface area contributed by atoms with E-state index in [0.717, 1.165) is 37.2 Å². The molecule has 0 aromatic heterocycles. The summed E-state index contributed by atoms with van der Waals surface area (Å²) in [5, 5.41) is 3.44. The monoisotopic (exact) mass is 269 g/mol. The van der Waals surface area contributed by atoms with Crippen molar-refractivity contribution >= 4 is 23.0 Å². The summed E-state index contributed by atoms with van der Waals surface area (Å²) in [5.41, 5.74) is 12.9. The molecule has 0 radical (unpaired) electrons. The SMILES string of the molecule is C=Cc1c(N)cccc1/C(CC)=C1\CNCCC1=NC. The van der Waals surface area contributed by atoms with Gasteiger partial charge in [0.2, 0.25) is 0 Å². The Morgan fingerprint density at radius 1 is 1.50 bits per heavy atom. The number of piperidine rings is 1. The lowest BCUT2D eigenvalue weighted by molar-refractivity contribution is 0.729. The van der Waals surface area contributed by atoms with Crippen molar-refractivity contribution in [2.45, 2.75) is 19.8 Å². The number of aliphatic imine (C=N–C) groups is 1. The van der Waals surface area contributed by atoms with Crippen LogP contribution in [0.5, 0.6) is 0 Å². The maximum atomic E-state index is 6.08. The fourth-order valence-electron chi connectivity index (χ4n) is 2.84. The smallest absolute Gasteiger partial charge is 0.0405 e. The average molecular weight is 269 g/mol. The number of nitrogens with one attached hydrogen (secondary N) is 1. The third kappa shape index (κ3) is 2.68. The van der Waals surface area contributed by atoms with Gasteiger partial charge in [-0.3, -0.25) is 4.99 Å². The van der Waals surface area contributed by atoms with E-state index in [0.29, 0.717) is 0 Å². The van der Waals surface area contributed by atoms with E-state index in [2.05, 4.69) is 29.9 Å². The molecule has 1 saturated heterocycles. The predicted octanol–water partition coefficient (Wildman–Crippen LogP) is 3.14. The lowest BCUT2D eigenvalue weighted by atomic mass is 9.88. The van der Waals surface area contributed by atoms with E-state index >= 15 is 0 Å². The van der Waals surface area contributed by atoms with E-state index in [1.54, 1.807) is 0 Å². The summed E-state index contributed by atoms with van der Waals surface area (Å²) >= 11 is 0. The van der Waals surface area contributed by atoms with Gasteiger partial charge in [0.05, 0.1) is 0 Å². The van der Waals surface area contributed by atoms with Gasteiger partial charge in [0.25, 0.3) is 0 Å². The topological polar surface area (TPSA) is 50.4 Å². The van der Waals surface area contributed by atoms with Crippen molar-refractivity contribution in [3.63, 3.8) is 0 Å². The predicted molar refractivity (Wildman–Crippen MR) is 89.0 cm³/mol. The second-order valence-electron chi connectivity index (χ2n) is 4.92. The molecule has 0 unspecified atom stereocenters. The number of allylic oxidation sites excluding steroid dienone is 1. The van der Waals surface area contributed by atoms with Crippen LogP contribution in [0.4, 0.5) is 5.69 Å². The number of anilines is 1. The first-order valence-electron chi connectivity index (χ1n) is 7.13. The molecule has 0 saturated carbocycles. The summed E-state index contributed by atoms with van der Waals surface area (Å²) in [7, 11) is 1.88. The van der Waals surface area contributed by atoms with Gasteiger partial charge in [-0.2, -0.15) is 0 Å². The average Bonchev–Trinajstić information content (AvgIpc) is 2.49. The number of hydrogen-bond acceptors (Lipinski definition) is 3. The molecule has 1 aromatic carbocycles. The van der Waals surface area contributed by atoms with Crippen LogP contribution in [0.1, 0.15) is 30.9 Å². The zero-order chi connectivity index (χ0) is 14.5. The van der Waals surface area contributed by atoms with Crippen LogP contribution >= 0.6 is 0 Å². The molecule has 1 aliphatic rings. The first-order valence-corrected chi connectivity index (χ1v) is 7.13. The second kappa shape index (κ2) is 6.53. The number of nitrogen functional groups attached to an aromatic ring is 1. The van der Waals surface area contributed by atoms with E-state index in [9.17, 15) is 0 Å². The quantitative estimate of drug-likeness (QED) is 0.828. The van der Waals surface area contributed by atoms with Gasteiger partial charge in [-0.15, -0.1) is 0 Å². The molecule has 3 N–H and O–H groups in total. The van der Waals surface area contributed by atoms with Crippen LogP contribution in [0, 0.1) is 0 Å². The maximum absolute atomic E-state index is 6.08. The number of rotatable bonds is 3. The Hall–Kier alpha value is -1.87. The molecule has 0 spiro atoms. The molecule has 3 nitrogen and oxygen atoms in total. The summed E-state index contributed by atoms with van der Waals surface area (Å²) in [6.07, 6.45) is 3.79. The fraction of sp³-hybridized carbons (Fsp3) is 0.353. The fourth-order valence-corrected chi connectivity index (χ4v) is 2.84. The zero-order valence-electron chi connectivity index (χ0n) is 12.4. The summed E-state index contributed by atoms with van der Waals surface area (Å²) in [5.74, 6) is 0. The molecule has 20 heavy (non-hydrogen) atoms. The lowest BCUT2D eigenvalue weighted by Gasteiger charge is -2.23. The highest BCUT2D eigenvalue weighted by molar-refractivity contribution is 6.08. The van der Waals surface area contributed by atoms with E-state index in [1.165, 1.54) is 22.4 Å². The van der Waals surface area contributed by atoms with Gasteiger partial charge in [-0.1, -0.05) is 31.7 Å². The molecule has 0 aliphatic carbocycles. The zero-order valence-corrected chi connectivity index (χ0v) is 12.4. The Balaban J connectivity index is 2.63. The first-order chi connectivity index (χ1) is 9.72. The summed E-state index contributed by atoms with van der Waals surface area (Å²) in [6.45, 7) is 7.96. The third-order valence-electron chi connectivity index (χ3n) is 3.85. The normalized spacial score (nSPS) is 20.0. The lowest BCUT2D eigenvalue weighted by Crippen LogP contribution is -2.31. The number of benzene rings is 1. The van der Waals surface area contributed by atoms with Crippen LogP contribution in [0.2, 0.25) is 0 Å². The molecule has 0 amide bonds. The standard InChI is InChI=1S/C17H23N3/c1-4-12(15-11-20-10-9-17(15)19-3)14-7-6-8-16(18)13(14)5-2/h5-8,20H,2,4,9-11,18H2,1,3H3/b15-12+,19-17?. The van der Waals surface area contributed by atoms with Crippen molar-refractivity contribution in [3.8, 4) is 0 Å². The molecule has 3 heteroatoms. The van der Waals surface area contributed by atoms with Gasteiger partial charge in [-0.25, -0.2) is 0 Å². The second-order valence-corrected chi connectivity index (χ2v) is 4.92. The van der Waals surface area contributed by atoms with Crippen LogP contribution in [0.15, 0.2) is 35.3 Å². The van der Waals surface area contributed by atoms with Crippen molar-refractivity contribution in [1.29, 1.82) is 0 Å². The van der Waals surface area contributed by atoms with Crippen molar-refractivity contribution in [2.75, 3.05) is 25.9 Å². The van der Waals surface area contributed by atoms with Crippen molar-refractivity contribution in [1.82, 2.24) is 5.32 Å². The van der Waals surface area contributed by atoms with Crippen molar-refractivity contribution in [2.24, 2.45) is 4.99 Å². The number of nitrogens with zero attached hydrogens (tertiary/aromatic N) is 1. The third-order valence-corrected chi connectivity index (χ3v) is 3.85. The molecule has 1 fully saturated rings. The Morgan fingerprint density at radius 3 is 2.95 bits per heavy atom. The minimum Gasteiger partial charge on any atom is -0.398 e. The summed E-state index contributed by atoms with van der Waals surface area (Å²) < 4.78 is 0. The van der Waals surface area contributed by atoms with Crippen molar-refractivity contribution < 1.29 is 0 Å². The Kier molecular flexibility index (Phi) is 4.74. The van der Waals surface area contributed by atoms with Gasteiger partial charge in [0, 0.05) is 43.5 Å². The Labute approximate surface area is 121 Å². The largest absolute Gasteiger partial charge is 0.398 e. The first kappa shape index (κ1) is 14.5. The van der Waals surface area contributed by atoms with E-state index in [-0.39, 0.29) is 0 Å². The molecular formula is C17H23N3. The molecule has 1 heterocycles. The highest BCUT2D eigenvalue weighted by Gasteiger charge is 2.18. The van der Waals surface area contributed by atoms with Crippen LogP contribution in [0.25, 0.3) is 11.6 Å². The van der Waals surface area contributed by atoms with E-state index < -0.39 is 0 Å². The molecule has 2 rings (SSSR count). The summed E-state index contributed by atoms with van der Waals surface area (Å²) in [4.78, 5) is 4.46. The Morgan fingerprint density at radius 2 is 2.30 bits per heavy atom. The van der Waals surface area contributed by atoms with Crippen molar-refractivity contribution in [3.05, 3.63) is 41.5 Å². The van der Waals surface area contributed by atoms with Gasteiger partial charge in [0.15, 0.2) is 0 Å². The van der Waals surface area contributed by atoms with E-state index in [1.807, 2.05) is 25.3 Å².